The second kappa shape index (κ2) is 6.10. The predicted molar refractivity (Wildman–Crippen MR) is 94.4 cm³/mol. The fraction of sp³-hybridized carbons (Fsp3) is 0.133. The van der Waals surface area contributed by atoms with E-state index in [0.717, 1.165) is 16.6 Å². The Bertz CT molecular complexity index is 1000. The van der Waals surface area contributed by atoms with Crippen molar-refractivity contribution in [2.75, 3.05) is 5.32 Å². The van der Waals surface area contributed by atoms with Crippen molar-refractivity contribution in [2.45, 2.75) is 13.3 Å². The summed E-state index contributed by atoms with van der Waals surface area (Å²) in [7, 11) is 0. The van der Waals surface area contributed by atoms with E-state index in [1.54, 1.807) is 5.38 Å². The summed E-state index contributed by atoms with van der Waals surface area (Å²) in [6.07, 6.45) is 2.38. The Morgan fingerprint density at radius 1 is 1.33 bits per heavy atom. The first kappa shape index (κ1) is 14.9. The molecule has 3 aromatic heterocycles. The summed E-state index contributed by atoms with van der Waals surface area (Å²) in [6.45, 7) is 2.11. The first-order chi connectivity index (χ1) is 11.7. The van der Waals surface area contributed by atoms with Gasteiger partial charge in [0.05, 0.1) is 10.2 Å². The van der Waals surface area contributed by atoms with Gasteiger partial charge in [-0.3, -0.25) is 15.2 Å². The minimum absolute atomic E-state index is 0.285. The minimum Gasteiger partial charge on any atom is -0.296 e. The zero-order valence-corrected chi connectivity index (χ0v) is 14.2. The highest BCUT2D eigenvalue weighted by Gasteiger charge is 2.15. The number of aryl methyl sites for hydroxylation is 1. The monoisotopic (exact) mass is 356 g/mol. The van der Waals surface area contributed by atoms with Crippen LogP contribution in [0.1, 0.15) is 23.0 Å². The lowest BCUT2D eigenvalue weighted by atomic mass is 10.2. The Balaban J connectivity index is 1.55. The molecule has 3 heterocycles. The highest BCUT2D eigenvalue weighted by Crippen LogP contribution is 2.28. The number of rotatable bonds is 4. The first-order valence-corrected chi connectivity index (χ1v) is 8.94. The average Bonchev–Trinajstić information content (AvgIpc) is 3.32. The summed E-state index contributed by atoms with van der Waals surface area (Å²) >= 11 is 2.79. The van der Waals surface area contributed by atoms with Gasteiger partial charge in [-0.2, -0.15) is 5.10 Å². The second-order valence-corrected chi connectivity index (χ2v) is 6.89. The molecule has 0 aliphatic heterocycles. The third-order valence-electron chi connectivity index (χ3n) is 3.44. The Morgan fingerprint density at radius 2 is 2.25 bits per heavy atom. The summed E-state index contributed by atoms with van der Waals surface area (Å²) in [5.74, 6) is 0.262. The van der Waals surface area contributed by atoms with Crippen LogP contribution in [0.15, 0.2) is 29.9 Å². The molecule has 4 rings (SSSR count). The molecule has 7 nitrogen and oxygen atoms in total. The third-order valence-corrected chi connectivity index (χ3v) is 5.22. The number of thiazole rings is 2. The maximum absolute atomic E-state index is 12.4. The van der Waals surface area contributed by atoms with Crippen molar-refractivity contribution < 1.29 is 4.79 Å². The Kier molecular flexibility index (Phi) is 3.79. The molecule has 0 atom stereocenters. The largest absolute Gasteiger partial charge is 0.296 e. The van der Waals surface area contributed by atoms with E-state index in [1.807, 2.05) is 6.07 Å². The van der Waals surface area contributed by atoms with E-state index in [4.69, 9.17) is 0 Å². The van der Waals surface area contributed by atoms with Gasteiger partial charge in [0, 0.05) is 5.38 Å². The number of benzene rings is 1. The summed E-state index contributed by atoms with van der Waals surface area (Å²) in [5, 5.41) is 12.2. The lowest BCUT2D eigenvalue weighted by Crippen LogP contribution is -2.11. The van der Waals surface area contributed by atoms with E-state index >= 15 is 0 Å². The van der Waals surface area contributed by atoms with Crippen LogP contribution in [0.5, 0.6) is 0 Å². The molecule has 24 heavy (non-hydrogen) atoms. The van der Waals surface area contributed by atoms with Crippen LogP contribution >= 0.6 is 22.7 Å². The van der Waals surface area contributed by atoms with Gasteiger partial charge in [-0.25, -0.2) is 15.0 Å². The normalized spacial score (nSPS) is 11.0. The number of fused-ring (bicyclic) bond motifs is 1. The summed E-state index contributed by atoms with van der Waals surface area (Å²) in [4.78, 5) is 25.1. The van der Waals surface area contributed by atoms with Crippen LogP contribution in [-0.2, 0) is 6.42 Å². The summed E-state index contributed by atoms with van der Waals surface area (Å²) < 4.78 is 1.06. The van der Waals surface area contributed by atoms with Gasteiger partial charge in [-0.05, 0) is 24.1 Å². The van der Waals surface area contributed by atoms with Crippen molar-refractivity contribution >= 4 is 43.9 Å². The van der Waals surface area contributed by atoms with Gasteiger partial charge in [-0.1, -0.05) is 24.3 Å². The van der Waals surface area contributed by atoms with Gasteiger partial charge in [0.2, 0.25) is 0 Å². The average molecular weight is 356 g/mol. The molecule has 0 unspecified atom stereocenters. The molecule has 0 radical (unpaired) electrons. The van der Waals surface area contributed by atoms with Gasteiger partial charge in [0.25, 0.3) is 5.91 Å². The molecule has 0 bridgehead atoms. The maximum Gasteiger partial charge on any atom is 0.276 e. The lowest BCUT2D eigenvalue weighted by molar-refractivity contribution is 0.102. The molecular weight excluding hydrogens is 344 g/mol. The number of anilines is 1. The Labute approximate surface area is 144 Å². The quantitative estimate of drug-likeness (QED) is 0.584. The molecule has 120 valence electrons. The van der Waals surface area contributed by atoms with Gasteiger partial charge in [0.1, 0.15) is 12.0 Å². The SMILES string of the molecule is CCc1ccc2nc(NC(=O)c3csc(-c4ncn[nH]4)n3)sc2c1. The smallest absolute Gasteiger partial charge is 0.276 e. The standard InChI is InChI=1S/C15H12N6OS2/c1-2-8-3-4-9-11(5-8)24-15(19-9)20-13(22)10-6-23-14(18-10)12-16-7-17-21-12/h3-7H,2H2,1H3,(H,16,17,21)(H,19,20,22). The van der Waals surface area contributed by atoms with Crippen LogP contribution in [0.2, 0.25) is 0 Å². The topological polar surface area (TPSA) is 96.5 Å². The van der Waals surface area contributed by atoms with E-state index in [-0.39, 0.29) is 5.91 Å². The molecule has 0 saturated carbocycles. The van der Waals surface area contributed by atoms with Gasteiger partial charge < -0.3 is 0 Å². The molecule has 0 spiro atoms. The fourth-order valence-electron chi connectivity index (χ4n) is 2.20. The minimum atomic E-state index is -0.285. The number of H-pyrrole nitrogens is 1. The maximum atomic E-state index is 12.4. The molecule has 0 saturated heterocycles. The Morgan fingerprint density at radius 3 is 3.04 bits per heavy atom. The molecule has 1 aromatic carbocycles. The van der Waals surface area contributed by atoms with Crippen molar-refractivity contribution in [1.82, 2.24) is 25.1 Å². The highest BCUT2D eigenvalue weighted by molar-refractivity contribution is 7.22. The van der Waals surface area contributed by atoms with Crippen LogP contribution in [0, 0.1) is 0 Å². The Hall–Kier alpha value is -2.65. The van der Waals surface area contributed by atoms with E-state index in [2.05, 4.69) is 49.5 Å². The predicted octanol–water partition coefficient (Wildman–Crippen LogP) is 3.35. The van der Waals surface area contributed by atoms with Crippen LogP contribution in [0.4, 0.5) is 5.13 Å². The summed E-state index contributed by atoms with van der Waals surface area (Å²) in [5.41, 5.74) is 2.47. The van der Waals surface area contributed by atoms with Gasteiger partial charge in [-0.15, -0.1) is 11.3 Å². The van der Waals surface area contributed by atoms with Crippen molar-refractivity contribution in [3.8, 4) is 10.8 Å². The molecular formula is C15H12N6OS2. The number of carbonyl (C=O) groups excluding carboxylic acids is 1. The first-order valence-electron chi connectivity index (χ1n) is 7.25. The number of nitrogens with one attached hydrogen (secondary N) is 2. The van der Waals surface area contributed by atoms with Crippen LogP contribution in [0.3, 0.4) is 0 Å². The highest BCUT2D eigenvalue weighted by atomic mass is 32.1. The molecule has 0 aliphatic carbocycles. The van der Waals surface area contributed by atoms with Crippen molar-refractivity contribution in [3.63, 3.8) is 0 Å². The van der Waals surface area contributed by atoms with Gasteiger partial charge in [0.15, 0.2) is 16.0 Å². The number of carbonyl (C=O) groups is 1. The fourth-order valence-corrected chi connectivity index (χ4v) is 3.87. The molecule has 4 aromatic rings. The van der Waals surface area contributed by atoms with Crippen molar-refractivity contribution in [3.05, 3.63) is 41.2 Å². The molecule has 0 aliphatic rings. The van der Waals surface area contributed by atoms with Crippen LogP contribution < -0.4 is 5.32 Å². The number of nitrogens with zero attached hydrogens (tertiary/aromatic N) is 4. The summed E-state index contributed by atoms with van der Waals surface area (Å²) in [6, 6.07) is 6.14. The zero-order valence-electron chi connectivity index (χ0n) is 12.6. The van der Waals surface area contributed by atoms with E-state index in [9.17, 15) is 4.79 Å². The molecule has 9 heteroatoms. The van der Waals surface area contributed by atoms with Crippen molar-refractivity contribution in [1.29, 1.82) is 0 Å². The van der Waals surface area contributed by atoms with Crippen molar-refractivity contribution in [2.24, 2.45) is 0 Å². The molecule has 2 N–H and O–H groups in total. The number of hydrogen-bond donors (Lipinski definition) is 2. The number of amides is 1. The van der Waals surface area contributed by atoms with Crippen LogP contribution in [0.25, 0.3) is 21.0 Å². The van der Waals surface area contributed by atoms with Gasteiger partial charge >= 0.3 is 0 Å². The molecule has 1 amide bonds. The lowest BCUT2D eigenvalue weighted by Gasteiger charge is -1.96. The molecule has 0 fully saturated rings. The van der Waals surface area contributed by atoms with E-state index < -0.39 is 0 Å². The third kappa shape index (κ3) is 2.79. The second-order valence-electron chi connectivity index (χ2n) is 5.00. The van der Waals surface area contributed by atoms with E-state index in [0.29, 0.717) is 21.7 Å². The number of aromatic amines is 1. The van der Waals surface area contributed by atoms with E-state index in [1.165, 1.54) is 34.6 Å². The zero-order chi connectivity index (χ0) is 16.5. The van der Waals surface area contributed by atoms with Crippen LogP contribution in [-0.4, -0.2) is 31.1 Å². The number of hydrogen-bond acceptors (Lipinski definition) is 7. The number of aromatic nitrogens is 5.